The van der Waals surface area contributed by atoms with E-state index >= 15 is 0 Å². The Labute approximate surface area is 349 Å². The molecule has 0 aromatic heterocycles. The van der Waals surface area contributed by atoms with Crippen molar-refractivity contribution < 1.29 is 42.1 Å². The van der Waals surface area contributed by atoms with Crippen LogP contribution >= 0.6 is 7.82 Å². The fraction of sp³-hybridized carbons (Fsp3) is 0.745. The third-order valence-corrected chi connectivity index (χ3v) is 10.3. The molecule has 0 amide bonds. The summed E-state index contributed by atoms with van der Waals surface area (Å²) in [5.74, 6) is -0.944. The largest absolute Gasteiger partial charge is 0.472 e. The summed E-state index contributed by atoms with van der Waals surface area (Å²) in [6, 6.07) is 0. The van der Waals surface area contributed by atoms with Crippen molar-refractivity contribution in [1.82, 2.24) is 0 Å². The predicted octanol–water partition coefficient (Wildman–Crippen LogP) is 12.9. The molecule has 57 heavy (non-hydrogen) atoms. The van der Waals surface area contributed by atoms with Crippen molar-refractivity contribution in [3.05, 3.63) is 60.8 Å². The van der Waals surface area contributed by atoms with Gasteiger partial charge in [-0.1, -0.05) is 184 Å². The molecule has 0 saturated carbocycles. The summed E-state index contributed by atoms with van der Waals surface area (Å²) in [5.41, 5.74) is 0. The molecular weight excluding hydrogens is 737 g/mol. The van der Waals surface area contributed by atoms with Crippen LogP contribution in [0.5, 0.6) is 0 Å². The smallest absolute Gasteiger partial charge is 0.462 e. The van der Waals surface area contributed by atoms with Gasteiger partial charge >= 0.3 is 19.8 Å². The number of hydrogen-bond acceptors (Lipinski definition) is 7. The first-order valence-corrected chi connectivity index (χ1v) is 24.0. The highest BCUT2D eigenvalue weighted by molar-refractivity contribution is 7.47. The molecule has 0 saturated heterocycles. The highest BCUT2D eigenvalue weighted by Crippen LogP contribution is 2.43. The van der Waals surface area contributed by atoms with E-state index in [1.54, 1.807) is 6.08 Å². The molecule has 9 nitrogen and oxygen atoms in total. The highest BCUT2D eigenvalue weighted by Gasteiger charge is 2.27. The predicted molar refractivity (Wildman–Crippen MR) is 238 cm³/mol. The van der Waals surface area contributed by atoms with Gasteiger partial charge in [0.25, 0.3) is 0 Å². The van der Waals surface area contributed by atoms with E-state index in [2.05, 4.69) is 56.4 Å². The van der Waals surface area contributed by atoms with Crippen LogP contribution in [-0.2, 0) is 32.7 Å². The second-order valence-electron chi connectivity index (χ2n) is 16.1. The number of hydrogen-bond donors (Lipinski definition) is 1. The zero-order valence-corrected chi connectivity index (χ0v) is 38.0. The Morgan fingerprint density at radius 2 is 0.982 bits per heavy atom. The van der Waals surface area contributed by atoms with Crippen molar-refractivity contribution in [1.29, 1.82) is 0 Å². The van der Waals surface area contributed by atoms with Crippen molar-refractivity contribution in [2.24, 2.45) is 0 Å². The van der Waals surface area contributed by atoms with Gasteiger partial charge < -0.3 is 18.9 Å². The lowest BCUT2D eigenvalue weighted by molar-refractivity contribution is -0.870. The fourth-order valence-electron chi connectivity index (χ4n) is 5.85. The summed E-state index contributed by atoms with van der Waals surface area (Å²) in [6.07, 6.45) is 47.3. The van der Waals surface area contributed by atoms with Gasteiger partial charge in [-0.25, -0.2) is 4.57 Å². The Hall–Kier alpha value is -2.29. The summed E-state index contributed by atoms with van der Waals surface area (Å²) in [6.45, 7) is 4.20. The lowest BCUT2D eigenvalue weighted by Gasteiger charge is -2.24. The summed E-state index contributed by atoms with van der Waals surface area (Å²) < 4.78 is 34.2. The van der Waals surface area contributed by atoms with Gasteiger partial charge in [0.15, 0.2) is 6.10 Å². The molecule has 0 fully saturated rings. The van der Waals surface area contributed by atoms with Crippen molar-refractivity contribution >= 4 is 19.8 Å². The van der Waals surface area contributed by atoms with Crippen LogP contribution in [0.3, 0.4) is 0 Å². The Bertz CT molecular complexity index is 1160. The minimum Gasteiger partial charge on any atom is -0.462 e. The minimum absolute atomic E-state index is 0.00800. The monoisotopic (exact) mass is 823 g/mol. The number of esters is 2. The number of unbranched alkanes of at least 4 members (excludes halogenated alkanes) is 17. The van der Waals surface area contributed by atoms with Gasteiger partial charge in [0, 0.05) is 6.42 Å². The van der Waals surface area contributed by atoms with Crippen molar-refractivity contribution in [3.8, 4) is 0 Å². The Morgan fingerprint density at radius 1 is 0.561 bits per heavy atom. The Kier molecular flexibility index (Phi) is 37.6. The molecule has 0 bridgehead atoms. The molecule has 0 aromatic carbocycles. The van der Waals surface area contributed by atoms with Crippen LogP contribution in [0.15, 0.2) is 60.8 Å². The number of likely N-dealkylation sites (N-methyl/N-ethyl adjacent to an activating group) is 1. The molecular formula is C47H85NO8P+. The first-order chi connectivity index (χ1) is 27.5. The van der Waals surface area contributed by atoms with Gasteiger partial charge in [0.1, 0.15) is 19.8 Å². The van der Waals surface area contributed by atoms with Gasteiger partial charge in [-0.15, -0.1) is 0 Å². The van der Waals surface area contributed by atoms with Crippen molar-refractivity contribution in [2.75, 3.05) is 47.5 Å². The maximum Gasteiger partial charge on any atom is 0.472 e. The number of nitrogens with zero attached hydrogens (tertiary/aromatic N) is 1. The van der Waals surface area contributed by atoms with E-state index in [0.717, 1.165) is 44.9 Å². The lowest BCUT2D eigenvalue weighted by Crippen LogP contribution is -2.37. The zero-order chi connectivity index (χ0) is 42.1. The van der Waals surface area contributed by atoms with Crippen LogP contribution in [0.1, 0.15) is 174 Å². The van der Waals surface area contributed by atoms with E-state index < -0.39 is 32.5 Å². The number of ether oxygens (including phenoxy) is 2. The number of phosphoric acid groups is 1. The Balaban J connectivity index is 4.43. The summed E-state index contributed by atoms with van der Waals surface area (Å²) in [7, 11) is 1.42. The van der Waals surface area contributed by atoms with Crippen LogP contribution in [0.4, 0.5) is 0 Å². The minimum atomic E-state index is -4.40. The molecule has 0 rings (SSSR count). The van der Waals surface area contributed by atoms with E-state index in [1.165, 1.54) is 96.3 Å². The van der Waals surface area contributed by atoms with E-state index in [-0.39, 0.29) is 26.1 Å². The van der Waals surface area contributed by atoms with Gasteiger partial charge in [0.05, 0.1) is 34.2 Å². The SMILES string of the molecule is CC/C=C\C/C=C\C/C=C\C/C=C\C/C=C\CC(=O)OC(COC(=O)CCCCCCCCCCCCCCCCCCCC)COP(=O)(O)OCC[N+](C)(C)C. The molecule has 0 aliphatic carbocycles. The molecule has 10 heteroatoms. The van der Waals surface area contributed by atoms with Crippen LogP contribution < -0.4 is 0 Å². The first-order valence-electron chi connectivity index (χ1n) is 22.5. The maximum atomic E-state index is 12.6. The second kappa shape index (κ2) is 39.2. The van der Waals surface area contributed by atoms with Gasteiger partial charge in [-0.05, 0) is 38.5 Å². The summed E-state index contributed by atoms with van der Waals surface area (Å²) in [4.78, 5) is 35.3. The average molecular weight is 823 g/mol. The van der Waals surface area contributed by atoms with E-state index in [0.29, 0.717) is 17.4 Å². The molecule has 2 atom stereocenters. The standard InChI is InChI=1S/C47H84NO8P/c1-6-8-10-12-14-16-18-20-22-23-24-26-27-29-31-33-35-37-39-46(49)53-43-45(44-55-57(51,52)54-42-41-48(3,4)5)56-47(50)40-38-36-34-32-30-28-25-21-19-17-15-13-11-9-7-2/h9,11,15,17,21,25,30,32,36,38,45H,6-8,10,12-14,16,18-20,22-24,26-29,31,33-35,37,39-44H2,1-5H3/p+1/b11-9-,17-15-,25-21-,32-30-,38-36-. The first kappa shape index (κ1) is 54.7. The molecule has 0 aromatic rings. The number of allylic oxidation sites excluding steroid dienone is 9. The van der Waals surface area contributed by atoms with Gasteiger partial charge in [-0.2, -0.15) is 0 Å². The third kappa shape index (κ3) is 43.1. The van der Waals surface area contributed by atoms with E-state index in [4.69, 9.17) is 18.5 Å². The summed E-state index contributed by atoms with van der Waals surface area (Å²) in [5, 5.41) is 0. The molecule has 0 spiro atoms. The van der Waals surface area contributed by atoms with E-state index in [9.17, 15) is 19.0 Å². The number of rotatable bonds is 40. The van der Waals surface area contributed by atoms with Crippen LogP contribution in [0, 0.1) is 0 Å². The van der Waals surface area contributed by atoms with Crippen LogP contribution in [0.2, 0.25) is 0 Å². The molecule has 0 radical (unpaired) electrons. The van der Waals surface area contributed by atoms with Crippen LogP contribution in [-0.4, -0.2) is 74.9 Å². The average Bonchev–Trinajstić information content (AvgIpc) is 3.16. The molecule has 2 unspecified atom stereocenters. The molecule has 0 aliphatic heterocycles. The number of carbonyl (C=O) groups excluding carboxylic acids is 2. The van der Waals surface area contributed by atoms with Crippen molar-refractivity contribution in [3.63, 3.8) is 0 Å². The molecule has 330 valence electrons. The topological polar surface area (TPSA) is 108 Å². The number of phosphoric ester groups is 1. The Morgan fingerprint density at radius 3 is 1.42 bits per heavy atom. The molecule has 1 N–H and O–H groups in total. The third-order valence-electron chi connectivity index (χ3n) is 9.35. The lowest BCUT2D eigenvalue weighted by atomic mass is 10.0. The normalized spacial score (nSPS) is 14.1. The quantitative estimate of drug-likeness (QED) is 0.0214. The maximum absolute atomic E-state index is 12.6. The highest BCUT2D eigenvalue weighted by atomic mass is 31.2. The van der Waals surface area contributed by atoms with Crippen molar-refractivity contribution in [2.45, 2.75) is 180 Å². The summed E-state index contributed by atoms with van der Waals surface area (Å²) >= 11 is 0. The van der Waals surface area contributed by atoms with Gasteiger partial charge in [0.2, 0.25) is 0 Å². The molecule has 0 aliphatic rings. The number of quaternary nitrogens is 1. The fourth-order valence-corrected chi connectivity index (χ4v) is 6.60. The zero-order valence-electron chi connectivity index (χ0n) is 37.1. The number of carbonyl (C=O) groups is 2. The van der Waals surface area contributed by atoms with Gasteiger partial charge in [-0.3, -0.25) is 18.6 Å². The van der Waals surface area contributed by atoms with E-state index in [1.807, 2.05) is 33.3 Å². The second-order valence-corrected chi connectivity index (χ2v) is 17.5. The molecule has 0 heterocycles. The van der Waals surface area contributed by atoms with Crippen LogP contribution in [0.25, 0.3) is 0 Å².